The van der Waals surface area contributed by atoms with Crippen molar-refractivity contribution in [3.05, 3.63) is 65.7 Å². The minimum absolute atomic E-state index is 0.0439. The first kappa shape index (κ1) is 23.4. The molecule has 0 saturated carbocycles. The van der Waals surface area contributed by atoms with Crippen LogP contribution in [0.2, 0.25) is 0 Å². The Morgan fingerprint density at radius 2 is 1.61 bits per heavy atom. The molecule has 1 amide bonds. The van der Waals surface area contributed by atoms with Crippen molar-refractivity contribution in [2.75, 3.05) is 53.4 Å². The zero-order chi connectivity index (χ0) is 22.4. The fourth-order valence-corrected chi connectivity index (χ4v) is 5.15. The number of likely N-dealkylation sites (N-methyl/N-ethyl adjacent to an activating group) is 1. The quantitative estimate of drug-likeness (QED) is 0.671. The van der Waals surface area contributed by atoms with E-state index >= 15 is 0 Å². The molecule has 1 aliphatic rings. The maximum Gasteiger partial charge on any atom is 0.243 e. The molecule has 31 heavy (non-hydrogen) atoms. The topological polar surface area (TPSA) is 73.0 Å². The number of sulfonamides is 1. The van der Waals surface area contributed by atoms with Crippen molar-refractivity contribution < 1.29 is 13.2 Å². The van der Waals surface area contributed by atoms with Gasteiger partial charge in [-0.15, -0.1) is 0 Å². The SMILES string of the molecule is Cc1ccc(S(=O)(=O)N2CCN(CC(=O)NCC(c3ccccc3)N(C)C)CC2)cc1. The van der Waals surface area contributed by atoms with Crippen LogP contribution in [0.5, 0.6) is 0 Å². The van der Waals surface area contributed by atoms with Crippen LogP contribution in [0.3, 0.4) is 0 Å². The van der Waals surface area contributed by atoms with Crippen LogP contribution in [0, 0.1) is 6.92 Å². The summed E-state index contributed by atoms with van der Waals surface area (Å²) in [6.07, 6.45) is 0. The molecule has 1 aliphatic heterocycles. The lowest BCUT2D eigenvalue weighted by Crippen LogP contribution is -2.51. The van der Waals surface area contributed by atoms with E-state index in [-0.39, 0.29) is 18.5 Å². The lowest BCUT2D eigenvalue weighted by atomic mass is 10.1. The number of carbonyl (C=O) groups excluding carboxylic acids is 1. The second-order valence-corrected chi connectivity index (χ2v) is 10.1. The zero-order valence-electron chi connectivity index (χ0n) is 18.5. The van der Waals surface area contributed by atoms with Gasteiger partial charge in [0.05, 0.1) is 17.5 Å². The van der Waals surface area contributed by atoms with E-state index in [0.717, 1.165) is 11.1 Å². The highest BCUT2D eigenvalue weighted by atomic mass is 32.2. The number of benzene rings is 2. The summed E-state index contributed by atoms with van der Waals surface area (Å²) in [5.74, 6) is -0.0439. The van der Waals surface area contributed by atoms with E-state index in [0.29, 0.717) is 37.6 Å². The average molecular weight is 445 g/mol. The highest BCUT2D eigenvalue weighted by Crippen LogP contribution is 2.19. The second kappa shape index (κ2) is 10.4. The molecule has 1 heterocycles. The first-order valence-corrected chi connectivity index (χ1v) is 12.0. The molecule has 1 saturated heterocycles. The van der Waals surface area contributed by atoms with Gasteiger partial charge in [0.2, 0.25) is 15.9 Å². The molecule has 0 radical (unpaired) electrons. The number of nitrogens with one attached hydrogen (secondary N) is 1. The molecule has 7 nitrogen and oxygen atoms in total. The van der Waals surface area contributed by atoms with Crippen molar-refractivity contribution >= 4 is 15.9 Å². The summed E-state index contributed by atoms with van der Waals surface area (Å²) < 4.78 is 27.2. The molecule has 0 spiro atoms. The number of piperazine rings is 1. The van der Waals surface area contributed by atoms with E-state index in [1.54, 1.807) is 12.1 Å². The molecular formula is C23H32N4O3S. The van der Waals surface area contributed by atoms with Gasteiger partial charge >= 0.3 is 0 Å². The Bertz CT molecular complexity index is 954. The number of nitrogens with zero attached hydrogens (tertiary/aromatic N) is 3. The first-order valence-electron chi connectivity index (χ1n) is 10.5. The van der Waals surface area contributed by atoms with E-state index < -0.39 is 10.0 Å². The molecule has 168 valence electrons. The van der Waals surface area contributed by atoms with Gasteiger partial charge < -0.3 is 10.2 Å². The fourth-order valence-electron chi connectivity index (χ4n) is 3.73. The largest absolute Gasteiger partial charge is 0.353 e. The van der Waals surface area contributed by atoms with Crippen molar-refractivity contribution in [2.45, 2.75) is 17.9 Å². The van der Waals surface area contributed by atoms with E-state index in [2.05, 4.69) is 22.3 Å². The van der Waals surface area contributed by atoms with Gasteiger partial charge in [-0.2, -0.15) is 4.31 Å². The average Bonchev–Trinajstić information content (AvgIpc) is 2.75. The van der Waals surface area contributed by atoms with Crippen molar-refractivity contribution in [3.8, 4) is 0 Å². The van der Waals surface area contributed by atoms with Gasteiger partial charge in [-0.1, -0.05) is 48.0 Å². The van der Waals surface area contributed by atoms with Crippen LogP contribution in [0.25, 0.3) is 0 Å². The Morgan fingerprint density at radius 1 is 1.00 bits per heavy atom. The highest BCUT2D eigenvalue weighted by Gasteiger charge is 2.29. The van der Waals surface area contributed by atoms with Gasteiger partial charge in [0.1, 0.15) is 0 Å². The molecule has 0 bridgehead atoms. The Balaban J connectivity index is 1.49. The third-order valence-corrected chi connectivity index (χ3v) is 7.57. The van der Waals surface area contributed by atoms with E-state index in [4.69, 9.17) is 0 Å². The Kier molecular flexibility index (Phi) is 7.83. The van der Waals surface area contributed by atoms with Gasteiger partial charge in [0, 0.05) is 32.7 Å². The van der Waals surface area contributed by atoms with Gasteiger partial charge in [0.15, 0.2) is 0 Å². The predicted molar refractivity (Wildman–Crippen MR) is 122 cm³/mol. The van der Waals surface area contributed by atoms with Crippen LogP contribution in [0.15, 0.2) is 59.5 Å². The summed E-state index contributed by atoms with van der Waals surface area (Å²) in [7, 11) is 0.503. The van der Waals surface area contributed by atoms with E-state index in [1.807, 2.05) is 56.3 Å². The molecule has 2 aromatic rings. The van der Waals surface area contributed by atoms with Crippen LogP contribution in [0.1, 0.15) is 17.2 Å². The molecule has 0 aliphatic carbocycles. The standard InChI is InChI=1S/C23H32N4O3S/c1-19-9-11-21(12-10-19)31(29,30)27-15-13-26(14-16-27)18-23(28)24-17-22(25(2)3)20-7-5-4-6-8-20/h4-12,22H,13-18H2,1-3H3,(H,24,28). The molecule has 1 fully saturated rings. The zero-order valence-corrected chi connectivity index (χ0v) is 19.3. The summed E-state index contributed by atoms with van der Waals surface area (Å²) in [5.41, 5.74) is 2.18. The van der Waals surface area contributed by atoms with Gasteiger partial charge in [-0.05, 0) is 38.7 Å². The monoisotopic (exact) mass is 444 g/mol. The number of rotatable bonds is 8. The van der Waals surface area contributed by atoms with E-state index in [9.17, 15) is 13.2 Å². The summed E-state index contributed by atoms with van der Waals surface area (Å²) >= 11 is 0. The second-order valence-electron chi connectivity index (χ2n) is 8.19. The smallest absolute Gasteiger partial charge is 0.243 e. The molecular weight excluding hydrogens is 412 g/mol. The summed E-state index contributed by atoms with van der Waals surface area (Å²) in [6.45, 7) is 4.57. The van der Waals surface area contributed by atoms with Crippen LogP contribution in [-0.2, 0) is 14.8 Å². The fraction of sp³-hybridized carbons (Fsp3) is 0.435. The molecule has 1 atom stereocenters. The van der Waals surface area contributed by atoms with Crippen molar-refractivity contribution in [1.29, 1.82) is 0 Å². The molecule has 1 unspecified atom stereocenters. The molecule has 1 N–H and O–H groups in total. The number of hydrogen-bond acceptors (Lipinski definition) is 5. The Morgan fingerprint density at radius 3 is 2.19 bits per heavy atom. The maximum atomic E-state index is 12.8. The van der Waals surface area contributed by atoms with Crippen LogP contribution in [0.4, 0.5) is 0 Å². The lowest BCUT2D eigenvalue weighted by Gasteiger charge is -2.33. The van der Waals surface area contributed by atoms with Gasteiger partial charge in [0.25, 0.3) is 0 Å². The number of aryl methyl sites for hydroxylation is 1. The summed E-state index contributed by atoms with van der Waals surface area (Å²) in [5, 5.41) is 3.03. The van der Waals surface area contributed by atoms with Crippen molar-refractivity contribution in [3.63, 3.8) is 0 Å². The molecule has 8 heteroatoms. The number of amides is 1. The lowest BCUT2D eigenvalue weighted by molar-refractivity contribution is -0.122. The summed E-state index contributed by atoms with van der Waals surface area (Å²) in [6, 6.07) is 17.1. The van der Waals surface area contributed by atoms with Gasteiger partial charge in [-0.25, -0.2) is 8.42 Å². The third-order valence-electron chi connectivity index (χ3n) is 5.66. The first-order chi connectivity index (χ1) is 14.8. The molecule has 3 rings (SSSR count). The van der Waals surface area contributed by atoms with Crippen LogP contribution < -0.4 is 5.32 Å². The summed E-state index contributed by atoms with van der Waals surface area (Å²) in [4.78, 5) is 16.9. The molecule has 2 aromatic carbocycles. The number of hydrogen-bond donors (Lipinski definition) is 1. The minimum Gasteiger partial charge on any atom is -0.353 e. The van der Waals surface area contributed by atoms with Crippen molar-refractivity contribution in [2.24, 2.45) is 0 Å². The Hall–Kier alpha value is -2.26. The van der Waals surface area contributed by atoms with Gasteiger partial charge in [-0.3, -0.25) is 9.69 Å². The highest BCUT2D eigenvalue weighted by molar-refractivity contribution is 7.89. The third kappa shape index (κ3) is 6.13. The van der Waals surface area contributed by atoms with Crippen molar-refractivity contribution in [1.82, 2.24) is 19.4 Å². The van der Waals surface area contributed by atoms with Crippen LogP contribution in [-0.4, -0.2) is 81.8 Å². The Labute approximate surface area is 185 Å². The maximum absolute atomic E-state index is 12.8. The predicted octanol–water partition coefficient (Wildman–Crippen LogP) is 1.72. The van der Waals surface area contributed by atoms with E-state index in [1.165, 1.54) is 4.31 Å². The number of carbonyl (C=O) groups is 1. The normalized spacial score (nSPS) is 16.9. The minimum atomic E-state index is -3.49. The van der Waals surface area contributed by atoms with Crippen LogP contribution >= 0.6 is 0 Å². The molecule has 0 aromatic heterocycles.